The van der Waals surface area contributed by atoms with Gasteiger partial charge in [0.25, 0.3) is 0 Å². The van der Waals surface area contributed by atoms with Crippen LogP contribution in [0.15, 0.2) is 52.0 Å². The molecule has 0 aliphatic carbocycles. The minimum atomic E-state index is -5.02. The number of fused-ring (bicyclic) bond motifs is 1. The molecule has 0 radical (unpaired) electrons. The minimum absolute atomic E-state index is 0.0565. The summed E-state index contributed by atoms with van der Waals surface area (Å²) in [7, 11) is 0. The third-order valence-electron chi connectivity index (χ3n) is 4.20. The molecule has 1 aromatic carbocycles. The molecule has 4 rings (SSSR count). The Labute approximate surface area is 150 Å². The smallest absolute Gasteiger partial charge is 0.384 e. The van der Waals surface area contributed by atoms with Crippen LogP contribution in [0.4, 0.5) is 13.2 Å². The molecule has 2 aliphatic rings. The van der Waals surface area contributed by atoms with Gasteiger partial charge < -0.3 is 10.8 Å². The van der Waals surface area contributed by atoms with Gasteiger partial charge in [-0.2, -0.15) is 13.2 Å². The number of hydrazone groups is 1. The van der Waals surface area contributed by atoms with Gasteiger partial charge in [0.15, 0.2) is 6.33 Å². The largest absolute Gasteiger partial charge is 0.450 e. The Hall–Kier alpha value is -3.28. The summed E-state index contributed by atoms with van der Waals surface area (Å²) in [6.45, 7) is 0. The maximum Gasteiger partial charge on any atom is 0.450 e. The van der Waals surface area contributed by atoms with E-state index in [0.717, 1.165) is 4.68 Å². The molecule has 0 fully saturated rings. The van der Waals surface area contributed by atoms with Crippen molar-refractivity contribution in [2.45, 2.75) is 24.7 Å². The molecule has 3 heterocycles. The molecule has 0 saturated carbocycles. The van der Waals surface area contributed by atoms with Crippen LogP contribution in [0.25, 0.3) is 0 Å². The van der Waals surface area contributed by atoms with E-state index in [1.165, 1.54) is 6.33 Å². The highest BCUT2D eigenvalue weighted by Crippen LogP contribution is 2.41. The second-order valence-electron chi connectivity index (χ2n) is 6.02. The first-order valence-corrected chi connectivity index (χ1v) is 7.86. The number of hydrogen-bond donors (Lipinski definition) is 3. The molecule has 2 aromatic rings. The molecule has 1 atom stereocenters. The van der Waals surface area contributed by atoms with Crippen LogP contribution in [0.1, 0.15) is 17.8 Å². The van der Waals surface area contributed by atoms with Gasteiger partial charge in [0, 0.05) is 5.10 Å². The average molecular weight is 379 g/mol. The van der Waals surface area contributed by atoms with Crippen molar-refractivity contribution in [3.8, 4) is 0 Å². The van der Waals surface area contributed by atoms with Crippen molar-refractivity contribution in [1.82, 2.24) is 15.1 Å². The van der Waals surface area contributed by atoms with Crippen LogP contribution >= 0.6 is 0 Å². The predicted molar refractivity (Wildman–Crippen MR) is 87.4 cm³/mol. The van der Waals surface area contributed by atoms with E-state index in [1.807, 2.05) is 0 Å². The summed E-state index contributed by atoms with van der Waals surface area (Å²) in [4.78, 5) is 4.00. The van der Waals surface area contributed by atoms with Crippen molar-refractivity contribution in [1.29, 1.82) is 0 Å². The van der Waals surface area contributed by atoms with Crippen LogP contribution in [0.5, 0.6) is 0 Å². The molecule has 4 N–H and O–H groups in total. The Balaban J connectivity index is 1.87. The average Bonchev–Trinajstić information content (AvgIpc) is 3.18. The third-order valence-corrected chi connectivity index (χ3v) is 4.20. The molecule has 1 aromatic heterocycles. The number of benzene rings is 1. The van der Waals surface area contributed by atoms with Gasteiger partial charge in [-0.25, -0.2) is 5.10 Å². The van der Waals surface area contributed by atoms with E-state index < -0.39 is 24.3 Å². The number of rotatable bonds is 1. The number of nitrogens with one attached hydrogen (secondary N) is 1. The van der Waals surface area contributed by atoms with Crippen molar-refractivity contribution in [2.24, 2.45) is 21.0 Å². The van der Waals surface area contributed by atoms with E-state index >= 15 is 0 Å². The fraction of sp³-hybridized carbons (Fsp3) is 0.267. The Morgan fingerprint density at radius 1 is 1.22 bits per heavy atom. The van der Waals surface area contributed by atoms with Crippen LogP contribution in [-0.2, 0) is 6.42 Å². The fourth-order valence-corrected chi connectivity index (χ4v) is 2.85. The van der Waals surface area contributed by atoms with Gasteiger partial charge in [-0.1, -0.05) is 35.4 Å². The van der Waals surface area contributed by atoms with E-state index in [-0.39, 0.29) is 23.8 Å². The number of hydrogen-bond acceptors (Lipinski definition) is 7. The summed E-state index contributed by atoms with van der Waals surface area (Å²) in [6, 6.07) is 8.29. The molecule has 2 aliphatic heterocycles. The molecule has 140 valence electrons. The molecule has 9 nitrogen and oxygen atoms in total. The van der Waals surface area contributed by atoms with Gasteiger partial charge in [-0.05, 0) is 5.56 Å². The quantitative estimate of drug-likeness (QED) is 0.609. The van der Waals surface area contributed by atoms with Crippen LogP contribution < -0.4 is 10.4 Å². The number of H-pyrrole nitrogens is 1. The van der Waals surface area contributed by atoms with Gasteiger partial charge >= 0.3 is 17.9 Å². The lowest BCUT2D eigenvalue weighted by Crippen LogP contribution is -2.65. The number of nitrogens with two attached hydrogens (primary N) is 1. The number of amidine groups is 1. The molecule has 12 heteroatoms. The molecule has 27 heavy (non-hydrogen) atoms. The molecular weight excluding hydrogens is 365 g/mol. The highest BCUT2D eigenvalue weighted by atomic mass is 19.4. The zero-order chi connectivity index (χ0) is 19.2. The lowest BCUT2D eigenvalue weighted by atomic mass is 10.0. The van der Waals surface area contributed by atoms with Crippen LogP contribution in [0, 0.1) is 0 Å². The van der Waals surface area contributed by atoms with Crippen molar-refractivity contribution >= 4 is 17.5 Å². The monoisotopic (exact) mass is 379 g/mol. The topological polar surface area (TPSA) is 119 Å². The summed E-state index contributed by atoms with van der Waals surface area (Å²) in [5.41, 5.74) is 2.88. The summed E-state index contributed by atoms with van der Waals surface area (Å²) >= 11 is 0. The highest BCUT2D eigenvalue weighted by molar-refractivity contribution is 6.03. The van der Waals surface area contributed by atoms with E-state index in [4.69, 9.17) is 5.73 Å². The van der Waals surface area contributed by atoms with E-state index in [0.29, 0.717) is 10.6 Å². The fourth-order valence-electron chi connectivity index (χ4n) is 2.85. The summed E-state index contributed by atoms with van der Waals surface area (Å²) in [5, 5.41) is 25.1. The number of aromatic nitrogens is 3. The number of nitrogens with zero attached hydrogens (tertiary/aromatic N) is 6. The van der Waals surface area contributed by atoms with Crippen LogP contribution in [-0.4, -0.2) is 49.6 Å². The molecular formula is C15H14F3N8O+. The van der Waals surface area contributed by atoms with Crippen LogP contribution in [0.2, 0.25) is 0 Å². The lowest BCUT2D eigenvalue weighted by molar-refractivity contribution is -0.637. The molecule has 0 saturated heterocycles. The number of aliphatic hydroxyl groups is 1. The third kappa shape index (κ3) is 2.73. The van der Waals surface area contributed by atoms with Crippen molar-refractivity contribution in [3.05, 3.63) is 48.0 Å². The maximum absolute atomic E-state index is 13.8. The lowest BCUT2D eigenvalue weighted by Gasteiger charge is -2.29. The van der Waals surface area contributed by atoms with Gasteiger partial charge in [-0.3, -0.25) is 0 Å². The molecule has 0 bridgehead atoms. The van der Waals surface area contributed by atoms with E-state index in [9.17, 15) is 18.3 Å². The first kappa shape index (κ1) is 17.1. The van der Waals surface area contributed by atoms with Gasteiger partial charge in [-0.15, -0.1) is 19.8 Å². The highest BCUT2D eigenvalue weighted by Gasteiger charge is 2.66. The number of alkyl halides is 3. The Kier molecular flexibility index (Phi) is 3.73. The van der Waals surface area contributed by atoms with Crippen molar-refractivity contribution < 1.29 is 23.0 Å². The normalized spacial score (nSPS) is 22.7. The van der Waals surface area contributed by atoms with E-state index in [2.05, 4.69) is 25.4 Å². The zero-order valence-electron chi connectivity index (χ0n) is 13.7. The Morgan fingerprint density at radius 2 is 1.96 bits per heavy atom. The summed E-state index contributed by atoms with van der Waals surface area (Å²) in [6.07, 6.45) is -4.45. The molecule has 0 spiro atoms. The Bertz CT molecular complexity index is 965. The van der Waals surface area contributed by atoms with Crippen LogP contribution in [0.3, 0.4) is 0 Å². The first-order chi connectivity index (χ1) is 12.8. The number of aromatic amines is 1. The van der Waals surface area contributed by atoms with Gasteiger partial charge in [0.1, 0.15) is 5.84 Å². The predicted octanol–water partition coefficient (Wildman–Crippen LogP) is 0.0905. The second kappa shape index (κ2) is 5.87. The number of halogens is 3. The molecule has 0 amide bonds. The minimum Gasteiger partial charge on any atom is -0.384 e. The first-order valence-electron chi connectivity index (χ1n) is 7.86. The molecule has 0 unspecified atom stereocenters. The van der Waals surface area contributed by atoms with Crippen molar-refractivity contribution in [2.75, 3.05) is 0 Å². The van der Waals surface area contributed by atoms with Gasteiger partial charge in [0.2, 0.25) is 5.82 Å². The zero-order valence-corrected chi connectivity index (χ0v) is 13.7. The summed E-state index contributed by atoms with van der Waals surface area (Å²) in [5.74, 6) is -0.0538. The SMILES string of the molecule is NC1=NN=C(N2N=C(c3ccccc3)C[C@@]2(O)C(F)(F)F)[n+]2[nH]cnc2C1. The second-order valence-corrected chi connectivity index (χ2v) is 6.02. The van der Waals surface area contributed by atoms with Gasteiger partial charge in [0.05, 0.1) is 18.6 Å². The standard InChI is InChI=1S/C15H13F3N8O/c16-15(17,18)14(27)7-10(9-4-2-1-3-5-9)24-26(14)13-23-22-11(19)6-12-20-8-21-25(12)13/h1-5,8,27H,6-7H2,(H2,19,22)/p+1/t14-/m1/s1. The van der Waals surface area contributed by atoms with E-state index in [1.54, 1.807) is 30.3 Å². The maximum atomic E-state index is 13.8. The van der Waals surface area contributed by atoms with Crippen molar-refractivity contribution in [3.63, 3.8) is 0 Å². The summed E-state index contributed by atoms with van der Waals surface area (Å²) < 4.78 is 42.6. The Morgan fingerprint density at radius 3 is 2.67 bits per heavy atom.